The van der Waals surface area contributed by atoms with Gasteiger partial charge in [-0.1, -0.05) is 59.9 Å². The monoisotopic (exact) mass is 299 g/mol. The van der Waals surface area contributed by atoms with E-state index in [4.69, 9.17) is 0 Å². The predicted octanol–water partition coefficient (Wildman–Crippen LogP) is 4.00. The van der Waals surface area contributed by atoms with Gasteiger partial charge >= 0.3 is 0 Å². The van der Waals surface area contributed by atoms with Gasteiger partial charge in [-0.15, -0.1) is 0 Å². The number of hydrogen-bond donors (Lipinski definition) is 1. The molecule has 1 N–H and O–H groups in total. The van der Waals surface area contributed by atoms with Crippen molar-refractivity contribution in [1.29, 1.82) is 0 Å². The normalized spacial score (nSPS) is 17.4. The molecule has 1 aliphatic rings. The molecular formula is C16H13NOS2. The minimum atomic E-state index is -0.167. The van der Waals surface area contributed by atoms with Gasteiger partial charge in [-0.05, 0) is 18.2 Å². The number of carbonyl (C=O) groups excluding carboxylic acids is 1. The zero-order valence-electron chi connectivity index (χ0n) is 10.7. The van der Waals surface area contributed by atoms with Crippen LogP contribution in [0.4, 0.5) is 0 Å². The Balaban J connectivity index is 1.88. The van der Waals surface area contributed by atoms with Gasteiger partial charge in [-0.25, -0.2) is 0 Å². The Morgan fingerprint density at radius 1 is 1.05 bits per heavy atom. The highest BCUT2D eigenvalue weighted by Gasteiger charge is 2.19. The summed E-state index contributed by atoms with van der Waals surface area (Å²) in [5, 5.41) is 2.90. The molecule has 1 aliphatic heterocycles. The van der Waals surface area contributed by atoms with Gasteiger partial charge in [0.1, 0.15) is 5.37 Å². The number of benzene rings is 2. The molecule has 3 rings (SSSR count). The lowest BCUT2D eigenvalue weighted by Crippen LogP contribution is -2.16. The van der Waals surface area contributed by atoms with E-state index in [1.807, 2.05) is 36.5 Å². The Hall–Kier alpha value is -1.65. The maximum atomic E-state index is 10.8. The van der Waals surface area contributed by atoms with Crippen LogP contribution in [0.5, 0.6) is 0 Å². The third-order valence-electron chi connectivity index (χ3n) is 2.88. The first-order valence-electron chi connectivity index (χ1n) is 6.27. The van der Waals surface area contributed by atoms with Crippen molar-refractivity contribution < 1.29 is 4.79 Å². The number of carbonyl (C=O) groups is 1. The van der Waals surface area contributed by atoms with Crippen LogP contribution in [0.1, 0.15) is 5.56 Å². The first-order chi connectivity index (χ1) is 9.86. The van der Waals surface area contributed by atoms with E-state index in [1.165, 1.54) is 15.4 Å². The molecule has 0 radical (unpaired) electrons. The van der Waals surface area contributed by atoms with Crippen molar-refractivity contribution in [3.8, 4) is 0 Å². The van der Waals surface area contributed by atoms with Crippen molar-refractivity contribution in [2.24, 2.45) is 0 Å². The van der Waals surface area contributed by atoms with Crippen LogP contribution < -0.4 is 5.32 Å². The highest BCUT2D eigenvalue weighted by atomic mass is 32.2. The number of thioether (sulfide) groups is 1. The standard InChI is InChI=1S/C16H13NOS2/c18-11-16-17-10-15(20-16)13-8-4-5-9-14(13)19-12-6-2-1-3-7-12/h1-11,16-17H. The fraction of sp³-hybridized carbons (Fsp3) is 0.0625. The summed E-state index contributed by atoms with van der Waals surface area (Å²) in [6.07, 6.45) is 2.86. The Labute approximate surface area is 126 Å². The lowest BCUT2D eigenvalue weighted by molar-refractivity contribution is -0.107. The first-order valence-corrected chi connectivity index (χ1v) is 7.97. The fourth-order valence-corrected chi connectivity index (χ4v) is 3.90. The second-order valence-corrected chi connectivity index (χ2v) is 6.56. The quantitative estimate of drug-likeness (QED) is 0.864. The van der Waals surface area contributed by atoms with Crippen molar-refractivity contribution in [2.75, 3.05) is 0 Å². The zero-order valence-corrected chi connectivity index (χ0v) is 12.3. The molecule has 0 saturated carbocycles. The lowest BCUT2D eigenvalue weighted by Gasteiger charge is -2.09. The van der Waals surface area contributed by atoms with Crippen LogP contribution in [0.15, 0.2) is 70.6 Å². The second kappa shape index (κ2) is 6.20. The second-order valence-electron chi connectivity index (χ2n) is 4.26. The minimum absolute atomic E-state index is 0.167. The van der Waals surface area contributed by atoms with E-state index < -0.39 is 0 Å². The summed E-state index contributed by atoms with van der Waals surface area (Å²) < 4.78 is 0. The molecule has 1 atom stereocenters. The van der Waals surface area contributed by atoms with Gasteiger partial charge < -0.3 is 10.1 Å². The summed E-state index contributed by atoms with van der Waals surface area (Å²) in [4.78, 5) is 14.4. The van der Waals surface area contributed by atoms with E-state index in [1.54, 1.807) is 23.5 Å². The maximum Gasteiger partial charge on any atom is 0.152 e. The third-order valence-corrected chi connectivity index (χ3v) is 5.06. The lowest BCUT2D eigenvalue weighted by atomic mass is 10.2. The zero-order chi connectivity index (χ0) is 13.8. The fourth-order valence-electron chi connectivity index (χ4n) is 1.95. The van der Waals surface area contributed by atoms with Crippen LogP contribution >= 0.6 is 23.5 Å². The number of hydrogen-bond acceptors (Lipinski definition) is 4. The summed E-state index contributed by atoms with van der Waals surface area (Å²) in [7, 11) is 0. The average molecular weight is 299 g/mol. The van der Waals surface area contributed by atoms with Gasteiger partial charge in [0.15, 0.2) is 6.29 Å². The molecule has 20 heavy (non-hydrogen) atoms. The van der Waals surface area contributed by atoms with Crippen molar-refractivity contribution in [2.45, 2.75) is 15.2 Å². The smallest absolute Gasteiger partial charge is 0.152 e. The van der Waals surface area contributed by atoms with Gasteiger partial charge in [0.25, 0.3) is 0 Å². The van der Waals surface area contributed by atoms with Crippen molar-refractivity contribution in [3.63, 3.8) is 0 Å². The van der Waals surface area contributed by atoms with Crippen LogP contribution in [0.3, 0.4) is 0 Å². The molecule has 1 heterocycles. The predicted molar refractivity (Wildman–Crippen MR) is 85.6 cm³/mol. The molecule has 2 aromatic rings. The topological polar surface area (TPSA) is 29.1 Å². The number of nitrogens with one attached hydrogen (secondary N) is 1. The van der Waals surface area contributed by atoms with Crippen LogP contribution in [0, 0.1) is 0 Å². The van der Waals surface area contributed by atoms with Crippen LogP contribution in [0.25, 0.3) is 4.91 Å². The first kappa shape index (κ1) is 13.3. The van der Waals surface area contributed by atoms with E-state index in [9.17, 15) is 4.79 Å². The summed E-state index contributed by atoms with van der Waals surface area (Å²) in [5.41, 5.74) is 1.17. The summed E-state index contributed by atoms with van der Waals surface area (Å²) in [5.74, 6) is 0. The van der Waals surface area contributed by atoms with Gasteiger partial charge in [0.05, 0.1) is 0 Å². The third kappa shape index (κ3) is 2.92. The Kier molecular flexibility index (Phi) is 4.14. The molecule has 0 amide bonds. The van der Waals surface area contributed by atoms with Crippen LogP contribution in [-0.2, 0) is 4.79 Å². The molecule has 2 aromatic carbocycles. The molecule has 0 aliphatic carbocycles. The Morgan fingerprint density at radius 3 is 2.55 bits per heavy atom. The molecule has 0 saturated heterocycles. The molecule has 0 spiro atoms. The van der Waals surface area contributed by atoms with Gasteiger partial charge in [0.2, 0.25) is 0 Å². The van der Waals surface area contributed by atoms with E-state index in [2.05, 4.69) is 29.6 Å². The SMILES string of the molecule is O=CC1NC=C(c2ccccc2Sc2ccccc2)S1. The summed E-state index contributed by atoms with van der Waals surface area (Å²) in [6.45, 7) is 0. The summed E-state index contributed by atoms with van der Waals surface area (Å²) in [6, 6.07) is 18.6. The largest absolute Gasteiger partial charge is 0.372 e. The molecule has 0 fully saturated rings. The molecular weight excluding hydrogens is 286 g/mol. The van der Waals surface area contributed by atoms with E-state index in [0.717, 1.165) is 11.2 Å². The van der Waals surface area contributed by atoms with Crippen LogP contribution in [-0.4, -0.2) is 11.7 Å². The van der Waals surface area contributed by atoms with Gasteiger partial charge in [0, 0.05) is 26.5 Å². The highest BCUT2D eigenvalue weighted by Crippen LogP contribution is 2.40. The van der Waals surface area contributed by atoms with E-state index in [-0.39, 0.29) is 5.37 Å². The van der Waals surface area contributed by atoms with E-state index in [0.29, 0.717) is 0 Å². The molecule has 0 bridgehead atoms. The maximum absolute atomic E-state index is 10.8. The van der Waals surface area contributed by atoms with Crippen molar-refractivity contribution in [1.82, 2.24) is 5.32 Å². The molecule has 100 valence electrons. The highest BCUT2D eigenvalue weighted by molar-refractivity contribution is 8.09. The van der Waals surface area contributed by atoms with E-state index >= 15 is 0 Å². The van der Waals surface area contributed by atoms with Gasteiger partial charge in [-0.3, -0.25) is 0 Å². The minimum Gasteiger partial charge on any atom is -0.372 e. The molecule has 2 nitrogen and oxygen atoms in total. The van der Waals surface area contributed by atoms with Crippen molar-refractivity contribution >= 4 is 34.7 Å². The van der Waals surface area contributed by atoms with Crippen LogP contribution in [0.2, 0.25) is 0 Å². The van der Waals surface area contributed by atoms with Crippen molar-refractivity contribution in [3.05, 3.63) is 66.4 Å². The molecule has 1 unspecified atom stereocenters. The summed E-state index contributed by atoms with van der Waals surface area (Å²) >= 11 is 3.30. The molecule has 0 aromatic heterocycles. The number of aldehydes is 1. The van der Waals surface area contributed by atoms with Gasteiger partial charge in [-0.2, -0.15) is 0 Å². The number of rotatable bonds is 4. The molecule has 4 heteroatoms. The Morgan fingerprint density at radius 2 is 1.80 bits per heavy atom. The average Bonchev–Trinajstić information content (AvgIpc) is 2.98. The Bertz CT molecular complexity index is 640.